The van der Waals surface area contributed by atoms with Crippen molar-refractivity contribution in [1.29, 1.82) is 0 Å². The lowest BCUT2D eigenvalue weighted by atomic mass is 9.99. The summed E-state index contributed by atoms with van der Waals surface area (Å²) in [5.41, 5.74) is 0. The second-order valence-electron chi connectivity index (χ2n) is 30.1. The zero-order valence-electron chi connectivity index (χ0n) is 64.4. The average molecular weight is 1440 g/mol. The molecule has 0 saturated heterocycles. The van der Waals surface area contributed by atoms with Gasteiger partial charge >= 0.3 is 39.5 Å². The summed E-state index contributed by atoms with van der Waals surface area (Å²) in [4.78, 5) is 72.8. The fourth-order valence-corrected chi connectivity index (χ4v) is 13.6. The van der Waals surface area contributed by atoms with Gasteiger partial charge in [-0.25, -0.2) is 9.13 Å². The van der Waals surface area contributed by atoms with Crippen molar-refractivity contribution < 1.29 is 80.2 Å². The summed E-state index contributed by atoms with van der Waals surface area (Å²) in [5.74, 6) is 0.950. The molecule has 0 fully saturated rings. The molecule has 19 heteroatoms. The van der Waals surface area contributed by atoms with Crippen molar-refractivity contribution in [1.82, 2.24) is 0 Å². The van der Waals surface area contributed by atoms with Gasteiger partial charge in [0, 0.05) is 25.7 Å². The van der Waals surface area contributed by atoms with E-state index in [4.69, 9.17) is 37.0 Å². The van der Waals surface area contributed by atoms with Gasteiger partial charge in [-0.15, -0.1) is 0 Å². The number of esters is 4. The van der Waals surface area contributed by atoms with E-state index in [-0.39, 0.29) is 25.7 Å². The highest BCUT2D eigenvalue weighted by Crippen LogP contribution is 2.45. The highest BCUT2D eigenvalue weighted by Gasteiger charge is 2.30. The second-order valence-corrected chi connectivity index (χ2v) is 33.0. The smallest absolute Gasteiger partial charge is 0.462 e. The van der Waals surface area contributed by atoms with E-state index in [0.29, 0.717) is 31.6 Å². The molecule has 0 aliphatic heterocycles. The van der Waals surface area contributed by atoms with E-state index in [2.05, 4.69) is 55.4 Å². The Bertz CT molecular complexity index is 1920. The first-order chi connectivity index (χ1) is 47.1. The Morgan fingerprint density at radius 1 is 0.286 bits per heavy atom. The Morgan fingerprint density at radius 3 is 0.724 bits per heavy atom. The topological polar surface area (TPSA) is 237 Å². The summed E-state index contributed by atoms with van der Waals surface area (Å²) in [6, 6.07) is 0. The number of aliphatic hydroxyl groups excluding tert-OH is 1. The minimum Gasteiger partial charge on any atom is -0.462 e. The van der Waals surface area contributed by atoms with E-state index in [1.807, 2.05) is 0 Å². The lowest BCUT2D eigenvalue weighted by Gasteiger charge is -2.21. The van der Waals surface area contributed by atoms with Crippen LogP contribution < -0.4 is 0 Å². The maximum atomic E-state index is 13.1. The van der Waals surface area contributed by atoms with Crippen LogP contribution in [-0.4, -0.2) is 96.7 Å². The van der Waals surface area contributed by atoms with Gasteiger partial charge in [0.25, 0.3) is 0 Å². The third-order valence-corrected chi connectivity index (χ3v) is 20.6. The van der Waals surface area contributed by atoms with E-state index in [9.17, 15) is 43.2 Å². The number of rotatable bonds is 76. The fraction of sp³-hybridized carbons (Fsp3) is 0.949. The number of carbonyl (C=O) groups is 4. The van der Waals surface area contributed by atoms with Gasteiger partial charge in [0.15, 0.2) is 12.2 Å². The van der Waals surface area contributed by atoms with Crippen LogP contribution in [0.25, 0.3) is 0 Å². The molecule has 0 bridgehead atoms. The molecule has 3 unspecified atom stereocenters. The average Bonchev–Trinajstić information content (AvgIpc) is 2.53. The predicted octanol–water partition coefficient (Wildman–Crippen LogP) is 23.2. The Morgan fingerprint density at radius 2 is 0.490 bits per heavy atom. The molecule has 0 rings (SSSR count). The van der Waals surface area contributed by atoms with Crippen LogP contribution in [0.1, 0.15) is 402 Å². The van der Waals surface area contributed by atoms with E-state index in [1.165, 1.54) is 199 Å². The summed E-state index contributed by atoms with van der Waals surface area (Å²) in [7, 11) is -9.92. The van der Waals surface area contributed by atoms with Gasteiger partial charge in [-0.3, -0.25) is 37.3 Å². The Kier molecular flexibility index (Phi) is 66.8. The highest BCUT2D eigenvalue weighted by molar-refractivity contribution is 7.47. The number of hydrogen-bond donors (Lipinski definition) is 3. The molecule has 6 atom stereocenters. The molecule has 0 aromatic carbocycles. The molecule has 0 aliphatic carbocycles. The van der Waals surface area contributed by atoms with Gasteiger partial charge in [0.1, 0.15) is 19.3 Å². The van der Waals surface area contributed by atoms with Crippen molar-refractivity contribution in [2.75, 3.05) is 39.6 Å². The van der Waals surface area contributed by atoms with Gasteiger partial charge in [-0.2, -0.15) is 0 Å². The maximum absolute atomic E-state index is 13.1. The molecular formula is C79H154O17P2. The Labute approximate surface area is 600 Å². The number of phosphoric ester groups is 2. The molecule has 0 saturated carbocycles. The van der Waals surface area contributed by atoms with Crippen molar-refractivity contribution >= 4 is 39.5 Å². The first kappa shape index (κ1) is 96.1. The van der Waals surface area contributed by atoms with Gasteiger partial charge < -0.3 is 33.8 Å². The summed E-state index contributed by atoms with van der Waals surface area (Å²) in [6.45, 7) is 14.2. The lowest BCUT2D eigenvalue weighted by molar-refractivity contribution is -0.161. The summed E-state index contributed by atoms with van der Waals surface area (Å²) < 4.78 is 68.6. The number of hydrogen-bond acceptors (Lipinski definition) is 15. The molecule has 582 valence electrons. The van der Waals surface area contributed by atoms with Crippen molar-refractivity contribution in [3.63, 3.8) is 0 Å². The van der Waals surface area contributed by atoms with Crippen LogP contribution in [0.2, 0.25) is 0 Å². The summed E-state index contributed by atoms with van der Waals surface area (Å²) >= 11 is 0. The molecule has 0 aliphatic rings. The van der Waals surface area contributed by atoms with E-state index in [0.717, 1.165) is 114 Å². The van der Waals surface area contributed by atoms with E-state index >= 15 is 0 Å². The predicted molar refractivity (Wildman–Crippen MR) is 400 cm³/mol. The monoisotopic (exact) mass is 1440 g/mol. The number of aliphatic hydroxyl groups is 1. The molecule has 0 radical (unpaired) electrons. The molecule has 0 heterocycles. The molecular weight excluding hydrogens is 1280 g/mol. The van der Waals surface area contributed by atoms with E-state index in [1.54, 1.807) is 0 Å². The first-order valence-electron chi connectivity index (χ1n) is 40.7. The maximum Gasteiger partial charge on any atom is 0.472 e. The molecule has 3 N–H and O–H groups in total. The number of carbonyl (C=O) groups excluding carboxylic acids is 4. The van der Waals surface area contributed by atoms with Crippen molar-refractivity contribution in [2.24, 2.45) is 23.7 Å². The Hall–Kier alpha value is -1.94. The van der Waals surface area contributed by atoms with Crippen LogP contribution in [0.3, 0.4) is 0 Å². The van der Waals surface area contributed by atoms with Crippen LogP contribution in [0, 0.1) is 23.7 Å². The van der Waals surface area contributed by atoms with Crippen LogP contribution >= 0.6 is 15.6 Å². The third kappa shape index (κ3) is 71.1. The highest BCUT2D eigenvalue weighted by atomic mass is 31.2. The Balaban J connectivity index is 5.18. The van der Waals surface area contributed by atoms with Crippen LogP contribution in [0.5, 0.6) is 0 Å². The van der Waals surface area contributed by atoms with Crippen LogP contribution in [0.4, 0.5) is 0 Å². The lowest BCUT2D eigenvalue weighted by Crippen LogP contribution is -2.30. The van der Waals surface area contributed by atoms with Gasteiger partial charge in [-0.05, 0) is 49.4 Å². The minimum atomic E-state index is -4.96. The third-order valence-electron chi connectivity index (χ3n) is 18.7. The van der Waals surface area contributed by atoms with Crippen molar-refractivity contribution in [3.05, 3.63) is 0 Å². The molecule has 0 amide bonds. The van der Waals surface area contributed by atoms with E-state index < -0.39 is 97.5 Å². The molecule has 0 aromatic heterocycles. The summed E-state index contributed by atoms with van der Waals surface area (Å²) in [5, 5.41) is 10.6. The number of phosphoric acid groups is 2. The van der Waals surface area contributed by atoms with Crippen LogP contribution in [0.15, 0.2) is 0 Å². The minimum absolute atomic E-state index is 0.105. The fourth-order valence-electron chi connectivity index (χ4n) is 12.0. The normalized spacial score (nSPS) is 14.3. The molecule has 0 aromatic rings. The number of ether oxygens (including phenoxy) is 4. The van der Waals surface area contributed by atoms with Gasteiger partial charge in [-0.1, -0.05) is 351 Å². The van der Waals surface area contributed by atoms with Gasteiger partial charge in [0.2, 0.25) is 0 Å². The standard InChI is InChI=1S/C79H154O17P2/c1-9-72(8)58-50-42-33-27-20-16-14-12-10-11-13-15-17-21-28-34-43-51-59-76(81)89-65-74(95-78(83)61-53-45-35-29-22-18-19-25-31-39-47-55-69(2)3)67-93-97(85,86)91-63-73(80)64-92-98(87,88)94-68-75(66-90-77(82)60-52-44-38-37-41-49-57-71(6)7)96-79(84)62-54-46-36-30-24-23-26-32-40-48-56-70(4)5/h69-75,80H,9-68H2,1-8H3,(H,85,86)(H,87,88)/t72?,73-,74-,75-/m1/s1. The zero-order chi connectivity index (χ0) is 72.4. The molecule has 17 nitrogen and oxygen atoms in total. The zero-order valence-corrected chi connectivity index (χ0v) is 66.2. The largest absolute Gasteiger partial charge is 0.472 e. The first-order valence-corrected chi connectivity index (χ1v) is 43.7. The van der Waals surface area contributed by atoms with Crippen molar-refractivity contribution in [3.8, 4) is 0 Å². The quantitative estimate of drug-likeness (QED) is 0.0222. The second kappa shape index (κ2) is 68.2. The molecule has 98 heavy (non-hydrogen) atoms. The summed E-state index contributed by atoms with van der Waals surface area (Å²) in [6.07, 6.45) is 54.4. The molecule has 0 spiro atoms. The van der Waals surface area contributed by atoms with Crippen LogP contribution in [-0.2, 0) is 65.4 Å². The number of unbranched alkanes of at least 4 members (excludes halogenated alkanes) is 41. The SMILES string of the molecule is CCC(C)CCCCCCCCCCCCCCCCCCCCC(=O)OC[C@H](COP(=O)(O)OC[C@@H](O)COP(=O)(O)OC[C@@H](COC(=O)CCCCCCCCC(C)C)OC(=O)CCCCCCCCCCCCC(C)C)OC(=O)CCCCCCCCCCCCCC(C)C. The van der Waals surface area contributed by atoms with Gasteiger partial charge in [0.05, 0.1) is 26.4 Å². The van der Waals surface area contributed by atoms with Crippen molar-refractivity contribution in [2.45, 2.75) is 420 Å².